The van der Waals surface area contributed by atoms with E-state index in [1.807, 2.05) is 4.42 Å². The molecule has 0 unspecified atom stereocenters. The maximum absolute atomic E-state index is 6.27. The van der Waals surface area contributed by atoms with Crippen molar-refractivity contribution in [3.63, 3.8) is 0 Å². The van der Waals surface area contributed by atoms with Gasteiger partial charge in [0, 0.05) is 24.2 Å². The van der Waals surface area contributed by atoms with E-state index in [2.05, 4.69) is 39.6 Å². The molecule has 1 heterocycles. The molecule has 0 spiro atoms. The van der Waals surface area contributed by atoms with Gasteiger partial charge in [-0.15, -0.1) is 0 Å². The summed E-state index contributed by atoms with van der Waals surface area (Å²) in [5.74, 6) is 0. The van der Waals surface area contributed by atoms with Gasteiger partial charge in [-0.3, -0.25) is 0 Å². The molecule has 13 heavy (non-hydrogen) atoms. The van der Waals surface area contributed by atoms with E-state index in [0.717, 1.165) is 13.1 Å². The van der Waals surface area contributed by atoms with E-state index in [1.54, 1.807) is 0 Å². The third kappa shape index (κ3) is 2.96. The zero-order valence-corrected chi connectivity index (χ0v) is 11.6. The largest absolute Gasteiger partial charge is 2.00 e. The van der Waals surface area contributed by atoms with Crippen molar-refractivity contribution < 1.29 is 2.85 Å². The van der Waals surface area contributed by atoms with Crippen molar-refractivity contribution >= 4 is 34.8 Å². The summed E-state index contributed by atoms with van der Waals surface area (Å²) in [7, 11) is 2.15. The van der Waals surface area contributed by atoms with Gasteiger partial charge in [-0.1, -0.05) is 0 Å². The average molecular weight is 217 g/mol. The molecule has 0 atom stereocenters. The fourth-order valence-electron chi connectivity index (χ4n) is 2.32. The van der Waals surface area contributed by atoms with Gasteiger partial charge in [-0.05, 0) is 46.5 Å². The van der Waals surface area contributed by atoms with Gasteiger partial charge in [0.2, 0.25) is 0 Å². The van der Waals surface area contributed by atoms with E-state index < -0.39 is 0 Å². The predicted octanol–water partition coefficient (Wildman–Crippen LogP) is 1.79. The summed E-state index contributed by atoms with van der Waals surface area (Å²) in [5, 5.41) is 0. The molecule has 0 amide bonds. The standard InChI is InChI=1S/C9H19ClN2.Mg.2H/c1-8(2)6-11(5)7-9(3,4)12(8)10;;;/h6-7H2,1-5H3;;;/q;+2;2*-1. The minimum Gasteiger partial charge on any atom is -1.00 e. The first kappa shape index (κ1) is 14.0. The van der Waals surface area contributed by atoms with Crippen molar-refractivity contribution in [2.45, 2.75) is 38.8 Å². The number of nitrogens with zero attached hydrogens (tertiary/aromatic N) is 2. The summed E-state index contributed by atoms with van der Waals surface area (Å²) in [6, 6.07) is 0. The van der Waals surface area contributed by atoms with Crippen molar-refractivity contribution in [2.75, 3.05) is 20.1 Å². The van der Waals surface area contributed by atoms with Crippen molar-refractivity contribution in [3.8, 4) is 0 Å². The number of hydrogen-bond acceptors (Lipinski definition) is 2. The Morgan fingerprint density at radius 2 is 1.38 bits per heavy atom. The molecule has 0 aromatic carbocycles. The number of halogens is 1. The van der Waals surface area contributed by atoms with E-state index in [-0.39, 0.29) is 37.0 Å². The monoisotopic (exact) mass is 216 g/mol. The van der Waals surface area contributed by atoms with E-state index in [9.17, 15) is 0 Å². The maximum atomic E-state index is 6.27. The van der Waals surface area contributed by atoms with Crippen LogP contribution < -0.4 is 0 Å². The summed E-state index contributed by atoms with van der Waals surface area (Å²) < 4.78 is 1.96. The van der Waals surface area contributed by atoms with Gasteiger partial charge < -0.3 is 7.75 Å². The second-order valence-electron chi connectivity index (χ2n) is 5.08. The van der Waals surface area contributed by atoms with E-state index in [4.69, 9.17) is 11.8 Å². The maximum Gasteiger partial charge on any atom is 2.00 e. The SMILES string of the molecule is CN1CC(C)(C)N(Cl)C(C)(C)C1.[H-].[H-].[Mg+2]. The summed E-state index contributed by atoms with van der Waals surface area (Å²) in [5.41, 5.74) is 0.135. The van der Waals surface area contributed by atoms with Crippen LogP contribution in [0.3, 0.4) is 0 Å². The van der Waals surface area contributed by atoms with E-state index in [1.165, 1.54) is 0 Å². The molecule has 76 valence electrons. The summed E-state index contributed by atoms with van der Waals surface area (Å²) in [6.07, 6.45) is 0. The van der Waals surface area contributed by atoms with Crippen molar-refractivity contribution in [1.82, 2.24) is 9.32 Å². The first-order chi connectivity index (χ1) is 5.26. The molecule has 0 aromatic rings. The number of hydrogen-bond donors (Lipinski definition) is 0. The second-order valence-corrected chi connectivity index (χ2v) is 5.42. The topological polar surface area (TPSA) is 6.48 Å². The molecular weight excluding hydrogens is 196 g/mol. The van der Waals surface area contributed by atoms with Crippen LogP contribution in [-0.4, -0.2) is 63.6 Å². The van der Waals surface area contributed by atoms with Gasteiger partial charge in [0.1, 0.15) is 0 Å². The van der Waals surface area contributed by atoms with Crippen LogP contribution in [0.5, 0.6) is 0 Å². The second kappa shape index (κ2) is 4.23. The molecule has 0 aromatic heterocycles. The van der Waals surface area contributed by atoms with Crippen LogP contribution >= 0.6 is 11.8 Å². The quantitative estimate of drug-likeness (QED) is 0.450. The predicted molar refractivity (Wildman–Crippen MR) is 61.3 cm³/mol. The Hall–Kier alpha value is 0.976. The van der Waals surface area contributed by atoms with Crippen LogP contribution in [-0.2, 0) is 0 Å². The van der Waals surface area contributed by atoms with Gasteiger partial charge in [0.05, 0.1) is 0 Å². The van der Waals surface area contributed by atoms with Gasteiger partial charge in [0.25, 0.3) is 0 Å². The molecule has 1 fully saturated rings. The molecule has 1 saturated heterocycles. The third-order valence-corrected chi connectivity index (χ3v) is 3.29. The van der Waals surface area contributed by atoms with Crippen molar-refractivity contribution in [1.29, 1.82) is 0 Å². The van der Waals surface area contributed by atoms with E-state index >= 15 is 0 Å². The summed E-state index contributed by atoms with van der Waals surface area (Å²) in [4.78, 5) is 2.33. The van der Waals surface area contributed by atoms with Gasteiger partial charge >= 0.3 is 23.1 Å². The summed E-state index contributed by atoms with van der Waals surface area (Å²) in [6.45, 7) is 10.8. The van der Waals surface area contributed by atoms with Crippen molar-refractivity contribution in [3.05, 3.63) is 0 Å². The molecule has 0 N–H and O–H groups in total. The van der Waals surface area contributed by atoms with Crippen LogP contribution in [0.2, 0.25) is 0 Å². The molecule has 0 radical (unpaired) electrons. The average Bonchev–Trinajstić information content (AvgIpc) is 1.80. The molecule has 1 aliphatic heterocycles. The Kier molecular flexibility index (Phi) is 4.55. The van der Waals surface area contributed by atoms with Gasteiger partial charge in [-0.2, -0.15) is 0 Å². The van der Waals surface area contributed by atoms with Crippen LogP contribution in [0.1, 0.15) is 30.5 Å². The molecular formula is C9H21ClMgN2. The molecule has 1 rings (SSSR count). The third-order valence-electron chi connectivity index (χ3n) is 2.38. The number of rotatable bonds is 0. The Bertz CT molecular complexity index is 173. The number of likely N-dealkylation sites (N-methyl/N-ethyl adjacent to an activating group) is 1. The molecule has 4 heteroatoms. The molecule has 1 aliphatic rings. The Morgan fingerprint density at radius 3 is 1.69 bits per heavy atom. The first-order valence-electron chi connectivity index (χ1n) is 4.40. The zero-order chi connectivity index (χ0) is 9.57. The van der Waals surface area contributed by atoms with Crippen LogP contribution in [0.4, 0.5) is 0 Å². The number of piperazine rings is 1. The molecule has 2 nitrogen and oxygen atoms in total. The van der Waals surface area contributed by atoms with Gasteiger partial charge in [-0.25, -0.2) is 4.42 Å². The minimum absolute atomic E-state index is 0. The smallest absolute Gasteiger partial charge is 1.00 e. The molecule has 0 bridgehead atoms. The zero-order valence-electron chi connectivity index (χ0n) is 11.4. The normalized spacial score (nSPS) is 28.2. The van der Waals surface area contributed by atoms with E-state index in [0.29, 0.717) is 0 Å². The van der Waals surface area contributed by atoms with Crippen LogP contribution in [0, 0.1) is 0 Å². The Morgan fingerprint density at radius 1 is 1.08 bits per heavy atom. The fraction of sp³-hybridized carbons (Fsp3) is 1.00. The van der Waals surface area contributed by atoms with Crippen molar-refractivity contribution in [2.24, 2.45) is 0 Å². The Labute approximate surface area is 106 Å². The minimum atomic E-state index is 0. The Balaban J connectivity index is -0.000000480. The van der Waals surface area contributed by atoms with Gasteiger partial charge in [0.15, 0.2) is 0 Å². The molecule has 0 aliphatic carbocycles. The fourth-order valence-corrected chi connectivity index (χ4v) is 2.43. The molecule has 0 saturated carbocycles. The van der Waals surface area contributed by atoms with Crippen LogP contribution in [0.25, 0.3) is 0 Å². The van der Waals surface area contributed by atoms with Crippen LogP contribution in [0.15, 0.2) is 0 Å². The first-order valence-corrected chi connectivity index (χ1v) is 4.74. The summed E-state index contributed by atoms with van der Waals surface area (Å²) >= 11 is 6.27.